The van der Waals surface area contributed by atoms with Crippen LogP contribution < -0.4 is 11.1 Å². The maximum atomic E-state index is 12.5. The molecule has 1 heterocycles. The smallest absolute Gasteiger partial charge is 0.362 e. The lowest BCUT2D eigenvalue weighted by atomic mass is 9.88. The van der Waals surface area contributed by atoms with E-state index in [9.17, 15) is 13.2 Å². The molecule has 1 rings (SSSR count). The van der Waals surface area contributed by atoms with Crippen LogP contribution in [-0.2, 0) is 6.18 Å². The first kappa shape index (κ1) is 16.0. The molecule has 3 N–H and O–H groups in total. The molecule has 0 spiro atoms. The number of rotatable bonds is 4. The molecule has 108 valence electrons. The zero-order chi connectivity index (χ0) is 14.8. The predicted molar refractivity (Wildman–Crippen MR) is 70.2 cm³/mol. The Bertz CT molecular complexity index is 448. The highest BCUT2D eigenvalue weighted by molar-refractivity contribution is 6.33. The second-order valence-electron chi connectivity index (χ2n) is 4.95. The summed E-state index contributed by atoms with van der Waals surface area (Å²) in [7, 11) is 0. The minimum Gasteiger partial charge on any atom is -0.362 e. The van der Waals surface area contributed by atoms with Gasteiger partial charge >= 0.3 is 6.18 Å². The number of hydrogen-bond acceptors (Lipinski definition) is 3. The third-order valence-corrected chi connectivity index (χ3v) is 3.56. The van der Waals surface area contributed by atoms with Crippen molar-refractivity contribution in [2.24, 2.45) is 11.7 Å². The Morgan fingerprint density at radius 1 is 1.42 bits per heavy atom. The van der Waals surface area contributed by atoms with E-state index in [1.54, 1.807) is 0 Å². The summed E-state index contributed by atoms with van der Waals surface area (Å²) in [6, 6.07) is 0.855. The number of nitrogens with two attached hydrogens (primary N) is 1. The summed E-state index contributed by atoms with van der Waals surface area (Å²) >= 11 is 5.84. The van der Waals surface area contributed by atoms with Crippen LogP contribution >= 0.6 is 11.6 Å². The van der Waals surface area contributed by atoms with Crippen LogP contribution in [0.2, 0.25) is 5.02 Å². The monoisotopic (exact) mass is 295 g/mol. The van der Waals surface area contributed by atoms with E-state index < -0.39 is 17.3 Å². The van der Waals surface area contributed by atoms with Crippen molar-refractivity contribution in [2.45, 2.75) is 32.5 Å². The summed E-state index contributed by atoms with van der Waals surface area (Å²) < 4.78 is 37.5. The molecular formula is C12H17ClF3N3. The lowest BCUT2D eigenvalue weighted by Crippen LogP contribution is -2.47. The second-order valence-corrected chi connectivity index (χ2v) is 5.36. The van der Waals surface area contributed by atoms with Crippen LogP contribution in [0.4, 0.5) is 19.0 Å². The van der Waals surface area contributed by atoms with Crippen molar-refractivity contribution < 1.29 is 13.2 Å². The van der Waals surface area contributed by atoms with Gasteiger partial charge in [-0.25, -0.2) is 4.98 Å². The van der Waals surface area contributed by atoms with E-state index in [4.69, 9.17) is 17.3 Å². The zero-order valence-electron chi connectivity index (χ0n) is 11.0. The second kappa shape index (κ2) is 5.54. The Morgan fingerprint density at radius 2 is 2.00 bits per heavy atom. The Kier molecular flexibility index (Phi) is 4.68. The minimum absolute atomic E-state index is 0.0739. The van der Waals surface area contributed by atoms with Crippen LogP contribution in [0.25, 0.3) is 0 Å². The van der Waals surface area contributed by atoms with E-state index in [1.165, 1.54) is 0 Å². The summed E-state index contributed by atoms with van der Waals surface area (Å²) in [5.41, 5.74) is 4.33. The first-order chi connectivity index (χ1) is 8.60. The predicted octanol–water partition coefficient (Wildman–Crippen LogP) is 3.54. The highest BCUT2D eigenvalue weighted by Crippen LogP contribution is 2.33. The SMILES string of the molecule is CC(C)C(C)(CN)Nc1ncc(C(F)(F)F)cc1Cl. The molecule has 1 aromatic heterocycles. The number of halogens is 4. The molecule has 0 aliphatic carbocycles. The van der Waals surface area contributed by atoms with Crippen molar-refractivity contribution in [2.75, 3.05) is 11.9 Å². The fourth-order valence-electron chi connectivity index (χ4n) is 1.39. The molecule has 1 atom stereocenters. The van der Waals surface area contributed by atoms with Gasteiger partial charge in [-0.05, 0) is 18.9 Å². The van der Waals surface area contributed by atoms with E-state index in [-0.39, 0.29) is 16.8 Å². The maximum Gasteiger partial charge on any atom is 0.417 e. The van der Waals surface area contributed by atoms with Crippen molar-refractivity contribution in [1.29, 1.82) is 0 Å². The zero-order valence-corrected chi connectivity index (χ0v) is 11.7. The summed E-state index contributed by atoms with van der Waals surface area (Å²) in [6.07, 6.45) is -3.70. The number of hydrogen-bond donors (Lipinski definition) is 2. The van der Waals surface area contributed by atoms with Crippen molar-refractivity contribution in [3.8, 4) is 0 Å². The van der Waals surface area contributed by atoms with Crippen LogP contribution in [-0.4, -0.2) is 17.1 Å². The van der Waals surface area contributed by atoms with Gasteiger partial charge in [-0.15, -0.1) is 0 Å². The van der Waals surface area contributed by atoms with Crippen LogP contribution in [0.5, 0.6) is 0 Å². The number of pyridine rings is 1. The Labute approximate surface area is 115 Å². The van der Waals surface area contributed by atoms with Crippen LogP contribution in [0.3, 0.4) is 0 Å². The molecule has 1 aromatic rings. The van der Waals surface area contributed by atoms with E-state index in [2.05, 4.69) is 10.3 Å². The molecule has 0 radical (unpaired) electrons. The highest BCUT2D eigenvalue weighted by atomic mass is 35.5. The van der Waals surface area contributed by atoms with Crippen LogP contribution in [0.15, 0.2) is 12.3 Å². The summed E-state index contributed by atoms with van der Waals surface area (Å²) in [4.78, 5) is 3.74. The molecule has 0 bridgehead atoms. The average molecular weight is 296 g/mol. The first-order valence-electron chi connectivity index (χ1n) is 5.81. The molecule has 0 fully saturated rings. The fourth-order valence-corrected chi connectivity index (χ4v) is 1.60. The molecule has 0 aliphatic heterocycles. The standard InChI is InChI=1S/C12H17ClF3N3/c1-7(2)11(3,6-17)19-10-9(13)4-8(5-18-10)12(14,15)16/h4-5,7H,6,17H2,1-3H3,(H,18,19). The number of aromatic nitrogens is 1. The number of nitrogens with one attached hydrogen (secondary N) is 1. The van der Waals surface area contributed by atoms with Gasteiger partial charge in [0.25, 0.3) is 0 Å². The van der Waals surface area contributed by atoms with Gasteiger partial charge in [-0.2, -0.15) is 13.2 Å². The van der Waals surface area contributed by atoms with Gasteiger partial charge in [0.05, 0.1) is 16.1 Å². The molecule has 3 nitrogen and oxygen atoms in total. The normalized spacial score (nSPS) is 15.4. The van der Waals surface area contributed by atoms with E-state index >= 15 is 0 Å². The third-order valence-electron chi connectivity index (χ3n) is 3.27. The summed E-state index contributed by atoms with van der Waals surface area (Å²) in [6.45, 7) is 6.09. The Balaban J connectivity index is 3.04. The van der Waals surface area contributed by atoms with Gasteiger partial charge in [-0.3, -0.25) is 0 Å². The van der Waals surface area contributed by atoms with E-state index in [1.807, 2.05) is 20.8 Å². The van der Waals surface area contributed by atoms with Gasteiger partial charge in [-0.1, -0.05) is 25.4 Å². The Morgan fingerprint density at radius 3 is 2.37 bits per heavy atom. The van der Waals surface area contributed by atoms with Crippen molar-refractivity contribution in [1.82, 2.24) is 4.98 Å². The topological polar surface area (TPSA) is 50.9 Å². The van der Waals surface area contributed by atoms with Gasteiger partial charge in [0, 0.05) is 12.7 Å². The molecular weight excluding hydrogens is 279 g/mol. The molecule has 0 aromatic carbocycles. The summed E-state index contributed by atoms with van der Waals surface area (Å²) in [5.74, 6) is 0.369. The lowest BCUT2D eigenvalue weighted by Gasteiger charge is -2.34. The quantitative estimate of drug-likeness (QED) is 0.893. The maximum absolute atomic E-state index is 12.5. The molecule has 1 unspecified atom stereocenters. The van der Waals surface area contributed by atoms with E-state index in [0.717, 1.165) is 12.3 Å². The number of anilines is 1. The molecule has 0 aliphatic rings. The van der Waals surface area contributed by atoms with Crippen LogP contribution in [0.1, 0.15) is 26.3 Å². The molecule has 7 heteroatoms. The van der Waals surface area contributed by atoms with Gasteiger partial charge in [0.1, 0.15) is 5.82 Å². The average Bonchev–Trinajstić information content (AvgIpc) is 2.30. The van der Waals surface area contributed by atoms with Gasteiger partial charge in [0.2, 0.25) is 0 Å². The summed E-state index contributed by atoms with van der Waals surface area (Å²) in [5, 5.41) is 2.94. The van der Waals surface area contributed by atoms with Crippen molar-refractivity contribution >= 4 is 17.4 Å². The largest absolute Gasteiger partial charge is 0.417 e. The Hall–Kier alpha value is -1.01. The molecule has 0 saturated heterocycles. The van der Waals surface area contributed by atoms with Gasteiger partial charge < -0.3 is 11.1 Å². The molecule has 0 saturated carbocycles. The van der Waals surface area contributed by atoms with Gasteiger partial charge in [0.15, 0.2) is 0 Å². The number of nitrogens with zero attached hydrogens (tertiary/aromatic N) is 1. The van der Waals surface area contributed by atoms with Crippen molar-refractivity contribution in [3.63, 3.8) is 0 Å². The van der Waals surface area contributed by atoms with E-state index in [0.29, 0.717) is 6.54 Å². The molecule has 0 amide bonds. The van der Waals surface area contributed by atoms with Crippen molar-refractivity contribution in [3.05, 3.63) is 22.8 Å². The molecule has 19 heavy (non-hydrogen) atoms. The van der Waals surface area contributed by atoms with Crippen LogP contribution in [0, 0.1) is 5.92 Å². The first-order valence-corrected chi connectivity index (χ1v) is 6.19. The third kappa shape index (κ3) is 3.73. The highest BCUT2D eigenvalue weighted by Gasteiger charge is 2.33. The lowest BCUT2D eigenvalue weighted by molar-refractivity contribution is -0.137. The number of alkyl halides is 3. The fraction of sp³-hybridized carbons (Fsp3) is 0.583. The minimum atomic E-state index is -4.45.